The Labute approximate surface area is 178 Å². The van der Waals surface area contributed by atoms with E-state index in [9.17, 15) is 12.8 Å². The van der Waals surface area contributed by atoms with Gasteiger partial charge in [-0.2, -0.15) is 0 Å². The Balaban J connectivity index is 0.00000364. The Morgan fingerprint density at radius 3 is 2.48 bits per heavy atom. The van der Waals surface area contributed by atoms with Crippen LogP contribution in [0.3, 0.4) is 0 Å². The zero-order valence-corrected chi connectivity index (χ0v) is 19.4. The van der Waals surface area contributed by atoms with E-state index in [1.807, 2.05) is 13.0 Å². The maximum atomic E-state index is 13.5. The average Bonchev–Trinajstić information content (AvgIpc) is 3.29. The molecule has 1 aliphatic rings. The molecule has 0 amide bonds. The van der Waals surface area contributed by atoms with Crippen LogP contribution in [-0.2, 0) is 15.4 Å². The molecule has 1 aliphatic carbocycles. The zero-order chi connectivity index (χ0) is 19.4. The molecule has 1 aromatic rings. The quantitative estimate of drug-likeness (QED) is 0.284. The van der Waals surface area contributed by atoms with E-state index in [4.69, 9.17) is 0 Å². The van der Waals surface area contributed by atoms with Crippen LogP contribution < -0.4 is 15.4 Å². The predicted octanol–water partition coefficient (Wildman–Crippen LogP) is 2.36. The van der Waals surface area contributed by atoms with Crippen LogP contribution in [0.25, 0.3) is 0 Å². The first kappa shape index (κ1) is 24.1. The van der Waals surface area contributed by atoms with Crippen molar-refractivity contribution in [2.24, 2.45) is 4.99 Å². The van der Waals surface area contributed by atoms with Gasteiger partial charge in [0.05, 0.1) is 12.8 Å². The fourth-order valence-corrected chi connectivity index (χ4v) is 4.01. The number of aliphatic imine (C=N–C) groups is 1. The molecule has 1 fully saturated rings. The lowest BCUT2D eigenvalue weighted by Gasteiger charge is -2.24. The summed E-state index contributed by atoms with van der Waals surface area (Å²) in [5.74, 6) is 0.404. The van der Waals surface area contributed by atoms with Gasteiger partial charge in [0.25, 0.3) is 0 Å². The van der Waals surface area contributed by atoms with Gasteiger partial charge in [-0.25, -0.2) is 17.5 Å². The van der Waals surface area contributed by atoms with E-state index in [1.54, 1.807) is 26.0 Å². The summed E-state index contributed by atoms with van der Waals surface area (Å²) in [4.78, 5) is 4.50. The maximum Gasteiger partial charge on any atom is 0.209 e. The van der Waals surface area contributed by atoms with Crippen molar-refractivity contribution < 1.29 is 12.8 Å². The molecule has 0 radical (unpaired) electrons. The van der Waals surface area contributed by atoms with Crippen LogP contribution in [0.2, 0.25) is 0 Å². The van der Waals surface area contributed by atoms with E-state index in [0.717, 1.165) is 24.7 Å². The number of nitrogens with one attached hydrogen (secondary N) is 3. The van der Waals surface area contributed by atoms with Gasteiger partial charge in [0, 0.05) is 24.0 Å². The Kier molecular flexibility index (Phi) is 8.49. The largest absolute Gasteiger partial charge is 0.357 e. The van der Waals surface area contributed by atoms with Crippen LogP contribution in [0, 0.1) is 5.82 Å². The zero-order valence-electron chi connectivity index (χ0n) is 16.3. The monoisotopic (exact) mass is 512 g/mol. The number of rotatable bonds is 8. The second kappa shape index (κ2) is 9.51. The third-order valence-electron chi connectivity index (χ3n) is 4.32. The van der Waals surface area contributed by atoms with E-state index in [1.165, 1.54) is 6.07 Å². The standard InChI is InChI=1S/C18H29FN4O2S.HI/c1-5-20-16(21-12-17(2,3)23-26(4,24)25)22-13-18(9-10-18)14-7-6-8-15(19)11-14;/h6-8,11,23H,5,9-10,12-13H2,1-4H3,(H2,20,21,22);1H. The summed E-state index contributed by atoms with van der Waals surface area (Å²) in [6.45, 7) is 7.19. The summed E-state index contributed by atoms with van der Waals surface area (Å²) in [6, 6.07) is 6.75. The molecule has 3 N–H and O–H groups in total. The highest BCUT2D eigenvalue weighted by molar-refractivity contribution is 14.0. The molecule has 6 nitrogen and oxygen atoms in total. The number of hydrogen-bond acceptors (Lipinski definition) is 3. The Bertz CT molecular complexity index is 764. The second-order valence-corrected chi connectivity index (χ2v) is 9.35. The molecule has 0 aromatic heterocycles. The highest BCUT2D eigenvalue weighted by Crippen LogP contribution is 2.47. The molecule has 0 aliphatic heterocycles. The number of guanidine groups is 1. The third kappa shape index (κ3) is 7.90. The number of hydrogen-bond donors (Lipinski definition) is 3. The minimum Gasteiger partial charge on any atom is -0.357 e. The van der Waals surface area contributed by atoms with Crippen molar-refractivity contribution in [2.75, 3.05) is 25.9 Å². The van der Waals surface area contributed by atoms with Gasteiger partial charge in [-0.15, -0.1) is 24.0 Å². The number of sulfonamides is 1. The summed E-state index contributed by atoms with van der Waals surface area (Å²) < 4.78 is 39.0. The van der Waals surface area contributed by atoms with Gasteiger partial charge < -0.3 is 10.6 Å². The van der Waals surface area contributed by atoms with Crippen molar-refractivity contribution in [3.63, 3.8) is 0 Å². The van der Waals surface area contributed by atoms with Crippen LogP contribution in [0.5, 0.6) is 0 Å². The molecule has 154 valence electrons. The van der Waals surface area contributed by atoms with Gasteiger partial charge in [-0.05, 0) is 51.3 Å². The SMILES string of the molecule is CCNC(=NCC(C)(C)NS(C)(=O)=O)NCC1(c2cccc(F)c2)CC1.I. The van der Waals surface area contributed by atoms with Crippen LogP contribution >= 0.6 is 24.0 Å². The number of halogens is 2. The summed E-state index contributed by atoms with van der Waals surface area (Å²) >= 11 is 0. The molecule has 2 rings (SSSR count). The number of nitrogens with zero attached hydrogens (tertiary/aromatic N) is 1. The van der Waals surface area contributed by atoms with E-state index in [0.29, 0.717) is 25.6 Å². The highest BCUT2D eigenvalue weighted by Gasteiger charge is 2.44. The molecule has 1 aromatic carbocycles. The van der Waals surface area contributed by atoms with Gasteiger partial charge in [-0.3, -0.25) is 4.99 Å². The minimum atomic E-state index is -3.30. The van der Waals surface area contributed by atoms with Crippen LogP contribution in [-0.4, -0.2) is 45.8 Å². The molecule has 0 bridgehead atoms. The van der Waals surface area contributed by atoms with Crippen molar-refractivity contribution in [1.29, 1.82) is 0 Å². The van der Waals surface area contributed by atoms with E-state index in [2.05, 4.69) is 20.3 Å². The molecular formula is C18H30FIN4O2S. The summed E-state index contributed by atoms with van der Waals surface area (Å²) in [6.07, 6.45) is 3.14. The molecule has 0 atom stereocenters. The lowest BCUT2D eigenvalue weighted by molar-refractivity contribution is 0.464. The lowest BCUT2D eigenvalue weighted by Crippen LogP contribution is -2.47. The average molecular weight is 512 g/mol. The highest BCUT2D eigenvalue weighted by atomic mass is 127. The van der Waals surface area contributed by atoms with Gasteiger partial charge in [0.1, 0.15) is 5.82 Å². The normalized spacial score (nSPS) is 16.4. The summed E-state index contributed by atoms with van der Waals surface area (Å²) in [5, 5.41) is 6.48. The fourth-order valence-electron chi connectivity index (χ4n) is 2.94. The lowest BCUT2D eigenvalue weighted by atomic mass is 9.96. The predicted molar refractivity (Wildman–Crippen MR) is 119 cm³/mol. The van der Waals surface area contributed by atoms with E-state index < -0.39 is 15.6 Å². The first-order valence-corrected chi connectivity index (χ1v) is 10.7. The summed E-state index contributed by atoms with van der Waals surface area (Å²) in [5.41, 5.74) is 0.258. The van der Waals surface area contributed by atoms with Crippen molar-refractivity contribution in [1.82, 2.24) is 15.4 Å². The van der Waals surface area contributed by atoms with Crippen LogP contribution in [0.4, 0.5) is 4.39 Å². The smallest absolute Gasteiger partial charge is 0.209 e. The molecule has 0 saturated heterocycles. The van der Waals surface area contributed by atoms with Gasteiger partial charge in [-0.1, -0.05) is 12.1 Å². The molecule has 0 unspecified atom stereocenters. The van der Waals surface area contributed by atoms with Gasteiger partial charge in [0.2, 0.25) is 10.0 Å². The first-order chi connectivity index (χ1) is 12.1. The first-order valence-electron chi connectivity index (χ1n) is 8.82. The molecule has 0 heterocycles. The molecule has 9 heteroatoms. The van der Waals surface area contributed by atoms with Crippen molar-refractivity contribution >= 4 is 40.0 Å². The van der Waals surface area contributed by atoms with E-state index in [-0.39, 0.29) is 35.2 Å². The van der Waals surface area contributed by atoms with E-state index >= 15 is 0 Å². The van der Waals surface area contributed by atoms with Crippen LogP contribution in [0.15, 0.2) is 29.3 Å². The van der Waals surface area contributed by atoms with Gasteiger partial charge in [0.15, 0.2) is 5.96 Å². The Morgan fingerprint density at radius 1 is 1.30 bits per heavy atom. The molecule has 0 spiro atoms. The summed E-state index contributed by atoms with van der Waals surface area (Å²) in [7, 11) is -3.30. The number of benzene rings is 1. The van der Waals surface area contributed by atoms with Crippen LogP contribution in [0.1, 0.15) is 39.2 Å². The molecular weight excluding hydrogens is 482 g/mol. The maximum absolute atomic E-state index is 13.5. The fraction of sp³-hybridized carbons (Fsp3) is 0.611. The second-order valence-electron chi connectivity index (χ2n) is 7.60. The topological polar surface area (TPSA) is 82.6 Å². The third-order valence-corrected chi connectivity index (χ3v) is 5.25. The Hall–Kier alpha value is -0.940. The minimum absolute atomic E-state index is 0. The van der Waals surface area contributed by atoms with Crippen molar-refractivity contribution in [3.8, 4) is 0 Å². The Morgan fingerprint density at radius 2 is 1.96 bits per heavy atom. The van der Waals surface area contributed by atoms with Crippen molar-refractivity contribution in [2.45, 2.75) is 44.6 Å². The molecule has 1 saturated carbocycles. The van der Waals surface area contributed by atoms with Gasteiger partial charge >= 0.3 is 0 Å². The molecule has 27 heavy (non-hydrogen) atoms. The van der Waals surface area contributed by atoms with Crippen molar-refractivity contribution in [3.05, 3.63) is 35.6 Å².